The highest BCUT2D eigenvalue weighted by atomic mass is 35.5. The highest BCUT2D eigenvalue weighted by Gasteiger charge is 2.54. The van der Waals surface area contributed by atoms with Crippen molar-refractivity contribution in [1.29, 1.82) is 0 Å². The minimum Gasteiger partial charge on any atom is -0.374 e. The molecule has 0 aliphatic carbocycles. The van der Waals surface area contributed by atoms with Gasteiger partial charge in [-0.25, -0.2) is 4.98 Å². The monoisotopic (exact) mass is 321 g/mol. The molecular formula is C10H16Cl2F3N3O. The number of alkyl halides is 3. The van der Waals surface area contributed by atoms with E-state index in [1.807, 2.05) is 0 Å². The molecule has 2 rings (SSSR count). The number of aromatic nitrogens is 2. The van der Waals surface area contributed by atoms with Crippen LogP contribution in [0, 0.1) is 0 Å². The predicted molar refractivity (Wildman–Crippen MR) is 68.8 cm³/mol. The number of fused-ring (bicyclic) bond motifs is 1. The van der Waals surface area contributed by atoms with Crippen LogP contribution in [0.15, 0.2) is 6.20 Å². The molecule has 19 heavy (non-hydrogen) atoms. The minimum absolute atomic E-state index is 0. The van der Waals surface area contributed by atoms with E-state index in [1.54, 1.807) is 6.92 Å². The fraction of sp³-hybridized carbons (Fsp3) is 0.700. The lowest BCUT2D eigenvalue weighted by Crippen LogP contribution is -2.44. The largest absolute Gasteiger partial charge is 0.424 e. The second-order valence-electron chi connectivity index (χ2n) is 4.49. The number of hydrogen-bond donors (Lipinski definition) is 2. The Labute approximate surface area is 121 Å². The molecule has 2 heterocycles. The van der Waals surface area contributed by atoms with Crippen molar-refractivity contribution >= 4 is 24.8 Å². The number of rotatable bonds is 1. The molecular weight excluding hydrogens is 306 g/mol. The molecule has 0 spiro atoms. The van der Waals surface area contributed by atoms with Gasteiger partial charge in [0.25, 0.3) is 0 Å². The number of nitrogens with zero attached hydrogens (tertiary/aromatic N) is 2. The van der Waals surface area contributed by atoms with Gasteiger partial charge >= 0.3 is 6.18 Å². The maximum absolute atomic E-state index is 12.8. The Kier molecular flexibility index (Phi) is 5.71. The standard InChI is InChI=1S/C10H14F3N3O.2ClH/c1-6-3-14-4-7-5-15-8(16(6)7)9(2,17)10(11,12)13;;/h5-6,14,17H,3-4H2,1-2H3;2*1H/t6-,9+;;/m0../s1. The first-order valence-electron chi connectivity index (χ1n) is 5.31. The van der Waals surface area contributed by atoms with Crippen LogP contribution in [0.25, 0.3) is 0 Å². The van der Waals surface area contributed by atoms with Gasteiger partial charge < -0.3 is 15.0 Å². The lowest BCUT2D eigenvalue weighted by Gasteiger charge is -2.31. The summed E-state index contributed by atoms with van der Waals surface area (Å²) in [5.74, 6) is -0.339. The number of hydrogen-bond acceptors (Lipinski definition) is 3. The van der Waals surface area contributed by atoms with E-state index in [0.717, 1.165) is 6.92 Å². The Balaban J connectivity index is 0.00000162. The van der Waals surface area contributed by atoms with Gasteiger partial charge in [0, 0.05) is 25.3 Å². The average Bonchev–Trinajstić information content (AvgIpc) is 2.61. The molecule has 1 aromatic rings. The van der Waals surface area contributed by atoms with Crippen molar-refractivity contribution in [2.24, 2.45) is 0 Å². The van der Waals surface area contributed by atoms with Gasteiger partial charge in [-0.3, -0.25) is 0 Å². The van der Waals surface area contributed by atoms with Gasteiger partial charge in [0.15, 0.2) is 5.82 Å². The number of aliphatic hydroxyl groups is 1. The lowest BCUT2D eigenvalue weighted by atomic mass is 10.0. The van der Waals surface area contributed by atoms with Crippen LogP contribution >= 0.6 is 24.8 Å². The summed E-state index contributed by atoms with van der Waals surface area (Å²) in [5.41, 5.74) is -2.26. The molecule has 0 bridgehead atoms. The second kappa shape index (κ2) is 5.87. The molecule has 2 N–H and O–H groups in total. The molecule has 112 valence electrons. The number of imidazole rings is 1. The van der Waals surface area contributed by atoms with Crippen molar-refractivity contribution in [1.82, 2.24) is 14.9 Å². The van der Waals surface area contributed by atoms with Gasteiger partial charge in [0.05, 0.1) is 5.69 Å². The molecule has 1 aliphatic heterocycles. The second-order valence-corrected chi connectivity index (χ2v) is 4.49. The van der Waals surface area contributed by atoms with Crippen LogP contribution in [0.2, 0.25) is 0 Å². The smallest absolute Gasteiger partial charge is 0.374 e. The fourth-order valence-electron chi connectivity index (χ4n) is 2.01. The van der Waals surface area contributed by atoms with E-state index in [0.29, 0.717) is 18.8 Å². The normalized spacial score (nSPS) is 21.7. The summed E-state index contributed by atoms with van der Waals surface area (Å²) in [7, 11) is 0. The first kappa shape index (κ1) is 18.5. The van der Waals surface area contributed by atoms with E-state index >= 15 is 0 Å². The SMILES string of the molecule is C[C@H]1CNCc2cnc([C@@](C)(O)C(F)(F)F)n21.Cl.Cl. The maximum atomic E-state index is 12.8. The zero-order valence-electron chi connectivity index (χ0n) is 10.4. The van der Waals surface area contributed by atoms with Crippen molar-refractivity contribution in [2.45, 2.75) is 38.2 Å². The first-order chi connectivity index (χ1) is 7.75. The number of halogens is 5. The molecule has 0 aromatic carbocycles. The Morgan fingerprint density at radius 3 is 2.53 bits per heavy atom. The third-order valence-electron chi connectivity index (χ3n) is 3.05. The quantitative estimate of drug-likeness (QED) is 0.833. The van der Waals surface area contributed by atoms with E-state index in [9.17, 15) is 18.3 Å². The molecule has 0 amide bonds. The first-order valence-corrected chi connectivity index (χ1v) is 5.31. The van der Waals surface area contributed by atoms with Crippen LogP contribution in [0.4, 0.5) is 13.2 Å². The molecule has 2 atom stereocenters. The fourth-order valence-corrected chi connectivity index (χ4v) is 2.01. The topological polar surface area (TPSA) is 50.1 Å². The number of nitrogens with one attached hydrogen (secondary N) is 1. The summed E-state index contributed by atoms with van der Waals surface area (Å²) in [5, 5.41) is 12.7. The summed E-state index contributed by atoms with van der Waals surface area (Å²) >= 11 is 0. The lowest BCUT2D eigenvalue weighted by molar-refractivity contribution is -0.263. The van der Waals surface area contributed by atoms with Crippen LogP contribution in [0.1, 0.15) is 31.4 Å². The molecule has 1 aliphatic rings. The van der Waals surface area contributed by atoms with E-state index in [4.69, 9.17) is 0 Å². The molecule has 0 saturated carbocycles. The Bertz CT molecular complexity index is 434. The summed E-state index contributed by atoms with van der Waals surface area (Å²) in [6.45, 7) is 3.54. The Hall–Kier alpha value is -0.500. The molecule has 9 heteroatoms. The predicted octanol–water partition coefficient (Wildman–Crippen LogP) is 2.16. The Morgan fingerprint density at radius 1 is 1.42 bits per heavy atom. The van der Waals surface area contributed by atoms with Crippen LogP contribution in [0.5, 0.6) is 0 Å². The van der Waals surface area contributed by atoms with Gasteiger partial charge in [-0.1, -0.05) is 0 Å². The summed E-state index contributed by atoms with van der Waals surface area (Å²) in [4.78, 5) is 3.74. The van der Waals surface area contributed by atoms with E-state index < -0.39 is 11.8 Å². The van der Waals surface area contributed by atoms with Crippen molar-refractivity contribution in [3.63, 3.8) is 0 Å². The molecule has 0 saturated heterocycles. The van der Waals surface area contributed by atoms with Gasteiger partial charge in [0.2, 0.25) is 5.60 Å². The van der Waals surface area contributed by atoms with Gasteiger partial charge in [-0.15, -0.1) is 24.8 Å². The van der Waals surface area contributed by atoms with Gasteiger partial charge in [0.1, 0.15) is 0 Å². The third-order valence-corrected chi connectivity index (χ3v) is 3.05. The van der Waals surface area contributed by atoms with Gasteiger partial charge in [-0.05, 0) is 13.8 Å². The average molecular weight is 322 g/mol. The van der Waals surface area contributed by atoms with Crippen LogP contribution in [-0.2, 0) is 12.1 Å². The van der Waals surface area contributed by atoms with Crippen LogP contribution in [0.3, 0.4) is 0 Å². The van der Waals surface area contributed by atoms with Crippen molar-refractivity contribution in [3.05, 3.63) is 17.7 Å². The molecule has 1 aromatic heterocycles. The van der Waals surface area contributed by atoms with Crippen LogP contribution < -0.4 is 5.32 Å². The van der Waals surface area contributed by atoms with Crippen molar-refractivity contribution in [2.75, 3.05) is 6.54 Å². The molecule has 0 radical (unpaired) electrons. The van der Waals surface area contributed by atoms with Crippen LogP contribution in [-0.4, -0.2) is 27.4 Å². The highest BCUT2D eigenvalue weighted by Crippen LogP contribution is 2.39. The van der Waals surface area contributed by atoms with E-state index in [2.05, 4.69) is 10.3 Å². The molecule has 0 fully saturated rings. The van der Waals surface area contributed by atoms with Crippen molar-refractivity contribution < 1.29 is 18.3 Å². The van der Waals surface area contributed by atoms with Crippen molar-refractivity contribution in [3.8, 4) is 0 Å². The summed E-state index contributed by atoms with van der Waals surface area (Å²) in [6.07, 6.45) is -3.36. The highest BCUT2D eigenvalue weighted by molar-refractivity contribution is 5.85. The molecule has 4 nitrogen and oxygen atoms in total. The third kappa shape index (κ3) is 2.99. The minimum atomic E-state index is -4.74. The van der Waals surface area contributed by atoms with Gasteiger partial charge in [-0.2, -0.15) is 13.2 Å². The summed E-state index contributed by atoms with van der Waals surface area (Å²) < 4.78 is 39.8. The molecule has 0 unspecified atom stereocenters. The zero-order chi connectivity index (χ0) is 12.8. The summed E-state index contributed by atoms with van der Waals surface area (Å²) in [6, 6.07) is -0.162. The zero-order valence-corrected chi connectivity index (χ0v) is 12.0. The maximum Gasteiger partial charge on any atom is 0.424 e. The Morgan fingerprint density at radius 2 is 2.00 bits per heavy atom. The van der Waals surface area contributed by atoms with E-state index in [1.165, 1.54) is 10.8 Å². The van der Waals surface area contributed by atoms with E-state index in [-0.39, 0.29) is 36.7 Å².